The third-order valence-electron chi connectivity index (χ3n) is 5.64. The van der Waals surface area contributed by atoms with E-state index in [2.05, 4.69) is 0 Å². The standard InChI is InChI=1S/C26H26O4/c27-25(28)23-16-8-7-11-20(23)19-26(21-12-3-1-4-13-21,22-14-5-2-6-15-22)30-24-17-9-10-18-29-24/h1-8,11-16,24H,9-10,17-19H2,(H,27,28). The quantitative estimate of drug-likeness (QED) is 0.574. The van der Waals surface area contributed by atoms with Gasteiger partial charge in [-0.2, -0.15) is 0 Å². The molecule has 1 unspecified atom stereocenters. The van der Waals surface area contributed by atoms with Gasteiger partial charge in [-0.1, -0.05) is 78.9 Å². The molecular weight excluding hydrogens is 376 g/mol. The summed E-state index contributed by atoms with van der Waals surface area (Å²) in [5.41, 5.74) is 2.11. The van der Waals surface area contributed by atoms with Crippen LogP contribution < -0.4 is 0 Å². The molecule has 0 radical (unpaired) electrons. The molecule has 0 aliphatic carbocycles. The molecule has 1 N–H and O–H groups in total. The fraction of sp³-hybridized carbons (Fsp3) is 0.269. The molecule has 0 saturated carbocycles. The molecule has 1 aliphatic heterocycles. The maximum absolute atomic E-state index is 11.9. The lowest BCUT2D eigenvalue weighted by Gasteiger charge is -2.39. The van der Waals surface area contributed by atoms with Gasteiger partial charge in [0.15, 0.2) is 6.29 Å². The van der Waals surface area contributed by atoms with Gasteiger partial charge < -0.3 is 14.6 Å². The van der Waals surface area contributed by atoms with Gasteiger partial charge in [0.25, 0.3) is 0 Å². The predicted molar refractivity (Wildman–Crippen MR) is 115 cm³/mol. The minimum absolute atomic E-state index is 0.293. The zero-order valence-electron chi connectivity index (χ0n) is 16.9. The maximum Gasteiger partial charge on any atom is 0.335 e. The van der Waals surface area contributed by atoms with Crippen molar-refractivity contribution in [2.45, 2.75) is 37.6 Å². The minimum atomic E-state index is -0.936. The number of rotatable bonds is 7. The lowest BCUT2D eigenvalue weighted by atomic mass is 9.80. The first-order valence-corrected chi connectivity index (χ1v) is 10.4. The molecule has 1 fully saturated rings. The zero-order valence-corrected chi connectivity index (χ0v) is 16.9. The van der Waals surface area contributed by atoms with Gasteiger partial charge in [0, 0.05) is 13.0 Å². The van der Waals surface area contributed by atoms with Crippen molar-refractivity contribution >= 4 is 5.97 Å². The van der Waals surface area contributed by atoms with E-state index >= 15 is 0 Å². The Bertz CT molecular complexity index is 923. The average molecular weight is 402 g/mol. The highest BCUT2D eigenvalue weighted by molar-refractivity contribution is 5.89. The van der Waals surface area contributed by atoms with E-state index in [4.69, 9.17) is 9.47 Å². The first-order valence-electron chi connectivity index (χ1n) is 10.4. The molecule has 1 aliphatic rings. The van der Waals surface area contributed by atoms with Gasteiger partial charge in [-0.25, -0.2) is 4.79 Å². The second-order valence-corrected chi connectivity index (χ2v) is 7.61. The van der Waals surface area contributed by atoms with Gasteiger partial charge in [-0.3, -0.25) is 0 Å². The smallest absolute Gasteiger partial charge is 0.335 e. The van der Waals surface area contributed by atoms with E-state index in [0.717, 1.165) is 36.0 Å². The van der Waals surface area contributed by atoms with Gasteiger partial charge in [-0.05, 0) is 42.0 Å². The van der Waals surface area contributed by atoms with Gasteiger partial charge >= 0.3 is 5.97 Å². The Morgan fingerprint density at radius 2 is 1.50 bits per heavy atom. The highest BCUT2D eigenvalue weighted by atomic mass is 16.7. The number of benzene rings is 3. The van der Waals surface area contributed by atoms with Crippen LogP contribution in [0.1, 0.15) is 46.3 Å². The maximum atomic E-state index is 11.9. The summed E-state index contributed by atoms with van der Waals surface area (Å²) in [6.07, 6.45) is 2.96. The van der Waals surface area contributed by atoms with Crippen molar-refractivity contribution in [3.05, 3.63) is 107 Å². The molecule has 1 atom stereocenters. The van der Waals surface area contributed by atoms with E-state index in [-0.39, 0.29) is 6.29 Å². The van der Waals surface area contributed by atoms with Crippen molar-refractivity contribution < 1.29 is 19.4 Å². The van der Waals surface area contributed by atoms with Crippen LogP contribution in [0.15, 0.2) is 84.9 Å². The Balaban J connectivity index is 1.87. The van der Waals surface area contributed by atoms with Crippen molar-refractivity contribution in [3.63, 3.8) is 0 Å². The molecule has 0 bridgehead atoms. The number of carboxylic acid groups (broad SMARTS) is 1. The predicted octanol–water partition coefficient (Wildman–Crippen LogP) is 5.41. The SMILES string of the molecule is O=C(O)c1ccccc1CC(OC1CCCCO1)(c1ccccc1)c1ccccc1. The van der Waals surface area contributed by atoms with E-state index in [0.29, 0.717) is 18.6 Å². The molecule has 4 heteroatoms. The monoisotopic (exact) mass is 402 g/mol. The van der Waals surface area contributed by atoms with Crippen molar-refractivity contribution in [2.24, 2.45) is 0 Å². The third kappa shape index (κ3) is 4.30. The van der Waals surface area contributed by atoms with Gasteiger partial charge in [0.2, 0.25) is 0 Å². The van der Waals surface area contributed by atoms with Crippen LogP contribution in [0.25, 0.3) is 0 Å². The number of hydrogen-bond donors (Lipinski definition) is 1. The van der Waals surface area contributed by atoms with Crippen molar-refractivity contribution in [2.75, 3.05) is 6.61 Å². The topological polar surface area (TPSA) is 55.8 Å². The summed E-state index contributed by atoms with van der Waals surface area (Å²) in [6, 6.07) is 27.2. The largest absolute Gasteiger partial charge is 0.478 e. The normalized spacial score (nSPS) is 16.9. The summed E-state index contributed by atoms with van der Waals surface area (Å²) in [4.78, 5) is 11.9. The summed E-state index contributed by atoms with van der Waals surface area (Å²) >= 11 is 0. The fourth-order valence-corrected chi connectivity index (χ4v) is 4.14. The Kier molecular flexibility index (Phi) is 6.26. The average Bonchev–Trinajstić information content (AvgIpc) is 2.80. The van der Waals surface area contributed by atoms with Crippen LogP contribution in [0.2, 0.25) is 0 Å². The van der Waals surface area contributed by atoms with E-state index in [1.807, 2.05) is 72.8 Å². The summed E-state index contributed by atoms with van der Waals surface area (Å²) in [5, 5.41) is 9.76. The van der Waals surface area contributed by atoms with Crippen LogP contribution >= 0.6 is 0 Å². The summed E-state index contributed by atoms with van der Waals surface area (Å²) in [7, 11) is 0. The molecular formula is C26H26O4. The van der Waals surface area contributed by atoms with E-state index in [1.54, 1.807) is 12.1 Å². The van der Waals surface area contributed by atoms with Gasteiger partial charge in [0.1, 0.15) is 5.60 Å². The zero-order chi connectivity index (χ0) is 20.8. The third-order valence-corrected chi connectivity index (χ3v) is 5.64. The van der Waals surface area contributed by atoms with E-state index in [9.17, 15) is 9.90 Å². The van der Waals surface area contributed by atoms with E-state index < -0.39 is 11.6 Å². The first kappa shape index (κ1) is 20.3. The van der Waals surface area contributed by atoms with Crippen molar-refractivity contribution in [3.8, 4) is 0 Å². The first-order chi connectivity index (χ1) is 14.7. The molecule has 30 heavy (non-hydrogen) atoms. The van der Waals surface area contributed by atoms with Crippen LogP contribution in [-0.2, 0) is 21.5 Å². The molecule has 3 aromatic carbocycles. The van der Waals surface area contributed by atoms with Gasteiger partial charge in [0.05, 0.1) is 5.56 Å². The summed E-state index contributed by atoms with van der Waals surface area (Å²) in [5.74, 6) is -0.936. The summed E-state index contributed by atoms with van der Waals surface area (Å²) < 4.78 is 12.7. The van der Waals surface area contributed by atoms with Crippen LogP contribution in [0.3, 0.4) is 0 Å². The van der Waals surface area contributed by atoms with Crippen LogP contribution in [0.5, 0.6) is 0 Å². The van der Waals surface area contributed by atoms with Crippen LogP contribution in [0, 0.1) is 0 Å². The highest BCUT2D eigenvalue weighted by Gasteiger charge is 2.39. The Hall–Kier alpha value is -2.95. The fourth-order valence-electron chi connectivity index (χ4n) is 4.14. The molecule has 0 aromatic heterocycles. The molecule has 0 spiro atoms. The van der Waals surface area contributed by atoms with Crippen molar-refractivity contribution in [1.82, 2.24) is 0 Å². The second-order valence-electron chi connectivity index (χ2n) is 7.61. The number of carboxylic acids is 1. The summed E-state index contributed by atoms with van der Waals surface area (Å²) in [6.45, 7) is 0.677. The van der Waals surface area contributed by atoms with Crippen molar-refractivity contribution in [1.29, 1.82) is 0 Å². The van der Waals surface area contributed by atoms with E-state index in [1.165, 1.54) is 0 Å². The molecule has 1 heterocycles. The van der Waals surface area contributed by atoms with Crippen LogP contribution in [-0.4, -0.2) is 24.0 Å². The molecule has 4 rings (SSSR count). The number of carbonyl (C=O) groups is 1. The molecule has 4 nitrogen and oxygen atoms in total. The Labute approximate surface area is 177 Å². The number of hydrogen-bond acceptors (Lipinski definition) is 3. The molecule has 154 valence electrons. The molecule has 0 amide bonds. The lowest BCUT2D eigenvalue weighted by molar-refractivity contribution is -0.217. The molecule has 3 aromatic rings. The molecule has 1 saturated heterocycles. The number of ether oxygens (including phenoxy) is 2. The van der Waals surface area contributed by atoms with Crippen LogP contribution in [0.4, 0.5) is 0 Å². The minimum Gasteiger partial charge on any atom is -0.478 e. The Morgan fingerprint density at radius 3 is 2.07 bits per heavy atom. The van der Waals surface area contributed by atoms with Gasteiger partial charge in [-0.15, -0.1) is 0 Å². The second kappa shape index (κ2) is 9.24. The lowest BCUT2D eigenvalue weighted by Crippen LogP contribution is -2.40. The highest BCUT2D eigenvalue weighted by Crippen LogP contribution is 2.40. The number of aromatic carboxylic acids is 1. The Morgan fingerprint density at radius 1 is 0.900 bits per heavy atom.